The van der Waals surface area contributed by atoms with Crippen molar-refractivity contribution in [3.8, 4) is 5.75 Å². The molecule has 20 heavy (non-hydrogen) atoms. The molecule has 0 saturated heterocycles. The van der Waals surface area contributed by atoms with E-state index in [4.69, 9.17) is 4.74 Å². The van der Waals surface area contributed by atoms with Gasteiger partial charge in [-0.05, 0) is 42.8 Å². The molecule has 0 saturated carbocycles. The van der Waals surface area contributed by atoms with Gasteiger partial charge in [0.15, 0.2) is 0 Å². The van der Waals surface area contributed by atoms with Crippen molar-refractivity contribution in [2.24, 2.45) is 0 Å². The van der Waals surface area contributed by atoms with E-state index in [-0.39, 0.29) is 5.91 Å². The summed E-state index contributed by atoms with van der Waals surface area (Å²) in [5.74, 6) is 0.768. The van der Waals surface area contributed by atoms with E-state index >= 15 is 0 Å². The fourth-order valence-corrected chi connectivity index (χ4v) is 3.00. The van der Waals surface area contributed by atoms with E-state index < -0.39 is 0 Å². The van der Waals surface area contributed by atoms with Crippen LogP contribution in [0.4, 0.5) is 5.69 Å². The Balaban J connectivity index is 1.99. The molecule has 0 N–H and O–H groups in total. The van der Waals surface area contributed by atoms with Crippen molar-refractivity contribution < 1.29 is 9.53 Å². The lowest BCUT2D eigenvalue weighted by molar-refractivity contribution is 0.0976. The predicted octanol–water partition coefficient (Wildman–Crippen LogP) is 3.80. The highest BCUT2D eigenvalue weighted by atomic mass is 79.9. The van der Waals surface area contributed by atoms with Crippen molar-refractivity contribution in [1.29, 1.82) is 0 Å². The third kappa shape index (κ3) is 2.43. The van der Waals surface area contributed by atoms with Crippen molar-refractivity contribution in [2.45, 2.75) is 6.92 Å². The fourth-order valence-electron chi connectivity index (χ4n) is 2.40. The van der Waals surface area contributed by atoms with Gasteiger partial charge < -0.3 is 9.64 Å². The van der Waals surface area contributed by atoms with E-state index in [9.17, 15) is 4.79 Å². The van der Waals surface area contributed by atoms with Crippen molar-refractivity contribution in [3.63, 3.8) is 0 Å². The number of nitrogens with zero attached hydrogens (tertiary/aromatic N) is 1. The molecule has 4 heteroatoms. The van der Waals surface area contributed by atoms with Crippen LogP contribution in [-0.2, 0) is 0 Å². The molecule has 1 amide bonds. The number of halogens is 1. The maximum Gasteiger partial charge on any atom is 0.258 e. The maximum absolute atomic E-state index is 12.7. The van der Waals surface area contributed by atoms with Crippen LogP contribution in [-0.4, -0.2) is 19.1 Å². The standard InChI is InChI=1S/C16H14BrNO2/c1-11-8-12(10-13(17)9-11)16(19)18-6-7-20-15-5-3-2-4-14(15)18/h2-5,8-10H,6-7H2,1H3. The minimum absolute atomic E-state index is 0.00477. The fraction of sp³-hybridized carbons (Fsp3) is 0.188. The van der Waals surface area contributed by atoms with Crippen LogP contribution in [0.1, 0.15) is 15.9 Å². The van der Waals surface area contributed by atoms with Gasteiger partial charge in [-0.3, -0.25) is 4.79 Å². The third-order valence-corrected chi connectivity index (χ3v) is 3.72. The Morgan fingerprint density at radius 2 is 2.05 bits per heavy atom. The monoisotopic (exact) mass is 331 g/mol. The highest BCUT2D eigenvalue weighted by Crippen LogP contribution is 2.32. The Labute approximate surface area is 126 Å². The number of benzene rings is 2. The number of aryl methyl sites for hydroxylation is 1. The lowest BCUT2D eigenvalue weighted by Gasteiger charge is -2.29. The number of fused-ring (bicyclic) bond motifs is 1. The Morgan fingerprint density at radius 3 is 2.85 bits per heavy atom. The zero-order valence-corrected chi connectivity index (χ0v) is 12.7. The van der Waals surface area contributed by atoms with Gasteiger partial charge in [0.25, 0.3) is 5.91 Å². The van der Waals surface area contributed by atoms with E-state index in [2.05, 4.69) is 15.9 Å². The highest BCUT2D eigenvalue weighted by Gasteiger charge is 2.24. The van der Waals surface area contributed by atoms with Gasteiger partial charge in [-0.15, -0.1) is 0 Å². The van der Waals surface area contributed by atoms with Gasteiger partial charge in [0, 0.05) is 10.0 Å². The van der Waals surface area contributed by atoms with Gasteiger partial charge in [-0.25, -0.2) is 0 Å². The molecule has 0 fully saturated rings. The summed E-state index contributed by atoms with van der Waals surface area (Å²) in [6, 6.07) is 13.4. The zero-order valence-electron chi connectivity index (χ0n) is 11.1. The molecule has 0 spiro atoms. The van der Waals surface area contributed by atoms with Crippen LogP contribution in [0.2, 0.25) is 0 Å². The smallest absolute Gasteiger partial charge is 0.258 e. The summed E-state index contributed by atoms with van der Waals surface area (Å²) < 4.78 is 6.50. The first-order chi connectivity index (χ1) is 9.65. The molecule has 1 aliphatic rings. The summed E-state index contributed by atoms with van der Waals surface area (Å²) >= 11 is 3.44. The summed E-state index contributed by atoms with van der Waals surface area (Å²) in [5.41, 5.74) is 2.58. The number of rotatable bonds is 1. The van der Waals surface area contributed by atoms with Crippen LogP contribution < -0.4 is 9.64 Å². The van der Waals surface area contributed by atoms with Crippen molar-refractivity contribution >= 4 is 27.5 Å². The first-order valence-electron chi connectivity index (χ1n) is 6.46. The number of hydrogen-bond donors (Lipinski definition) is 0. The molecule has 102 valence electrons. The second kappa shape index (κ2) is 5.29. The van der Waals surface area contributed by atoms with Crippen molar-refractivity contribution in [3.05, 3.63) is 58.1 Å². The average Bonchev–Trinajstić information content (AvgIpc) is 2.45. The maximum atomic E-state index is 12.7. The van der Waals surface area contributed by atoms with Gasteiger partial charge in [-0.2, -0.15) is 0 Å². The van der Waals surface area contributed by atoms with Gasteiger partial charge in [0.1, 0.15) is 12.4 Å². The molecule has 0 atom stereocenters. The molecule has 1 aliphatic heterocycles. The van der Waals surface area contributed by atoms with Crippen molar-refractivity contribution in [1.82, 2.24) is 0 Å². The average molecular weight is 332 g/mol. The molecule has 0 bridgehead atoms. The minimum atomic E-state index is 0.00477. The number of anilines is 1. The van der Waals surface area contributed by atoms with Crippen molar-refractivity contribution in [2.75, 3.05) is 18.1 Å². The molecule has 0 aliphatic carbocycles. The second-order valence-corrected chi connectivity index (χ2v) is 5.71. The van der Waals surface area contributed by atoms with Crippen LogP contribution in [0.25, 0.3) is 0 Å². The Morgan fingerprint density at radius 1 is 1.25 bits per heavy atom. The summed E-state index contributed by atoms with van der Waals surface area (Å²) in [4.78, 5) is 14.5. The summed E-state index contributed by atoms with van der Waals surface area (Å²) in [7, 11) is 0. The van der Waals surface area contributed by atoms with Crippen LogP contribution in [0.5, 0.6) is 5.75 Å². The topological polar surface area (TPSA) is 29.5 Å². The molecular formula is C16H14BrNO2. The quantitative estimate of drug-likeness (QED) is 0.795. The van der Waals surface area contributed by atoms with Gasteiger partial charge >= 0.3 is 0 Å². The number of carbonyl (C=O) groups is 1. The molecule has 3 rings (SSSR count). The SMILES string of the molecule is Cc1cc(Br)cc(C(=O)N2CCOc3ccccc32)c1. The zero-order chi connectivity index (χ0) is 14.1. The number of carbonyl (C=O) groups excluding carboxylic acids is 1. The van der Waals surface area contributed by atoms with Gasteiger partial charge in [-0.1, -0.05) is 28.1 Å². The molecule has 2 aromatic rings. The largest absolute Gasteiger partial charge is 0.490 e. The Bertz CT molecular complexity index is 649. The molecular weight excluding hydrogens is 318 g/mol. The highest BCUT2D eigenvalue weighted by molar-refractivity contribution is 9.10. The van der Waals surface area contributed by atoms with Crippen LogP contribution >= 0.6 is 15.9 Å². The third-order valence-electron chi connectivity index (χ3n) is 3.26. The molecule has 0 radical (unpaired) electrons. The van der Waals surface area contributed by atoms with E-state index in [1.807, 2.05) is 49.4 Å². The molecule has 1 heterocycles. The van der Waals surface area contributed by atoms with Crippen LogP contribution in [0.3, 0.4) is 0 Å². The van der Waals surface area contributed by atoms with E-state index in [1.165, 1.54) is 0 Å². The van der Waals surface area contributed by atoms with E-state index in [0.717, 1.165) is 21.5 Å². The lowest BCUT2D eigenvalue weighted by atomic mass is 10.1. The summed E-state index contributed by atoms with van der Waals surface area (Å²) in [6.07, 6.45) is 0. The lowest BCUT2D eigenvalue weighted by Crippen LogP contribution is -2.37. The second-order valence-electron chi connectivity index (χ2n) is 4.79. The first-order valence-corrected chi connectivity index (χ1v) is 7.25. The number of para-hydroxylation sites is 2. The molecule has 0 aromatic heterocycles. The van der Waals surface area contributed by atoms with Gasteiger partial charge in [0.05, 0.1) is 12.2 Å². The first kappa shape index (κ1) is 13.2. The number of ether oxygens (including phenoxy) is 1. The summed E-state index contributed by atoms with van der Waals surface area (Å²) in [5, 5.41) is 0. The number of amides is 1. The normalized spacial score (nSPS) is 13.6. The van der Waals surface area contributed by atoms with Crippen LogP contribution in [0.15, 0.2) is 46.9 Å². The predicted molar refractivity (Wildman–Crippen MR) is 82.5 cm³/mol. The Hall–Kier alpha value is -1.81. The molecule has 0 unspecified atom stereocenters. The molecule has 3 nitrogen and oxygen atoms in total. The van der Waals surface area contributed by atoms with E-state index in [0.29, 0.717) is 18.7 Å². The summed E-state index contributed by atoms with van der Waals surface area (Å²) in [6.45, 7) is 3.08. The minimum Gasteiger partial charge on any atom is -0.490 e. The van der Waals surface area contributed by atoms with Gasteiger partial charge in [0.2, 0.25) is 0 Å². The number of hydrogen-bond acceptors (Lipinski definition) is 2. The molecule has 2 aromatic carbocycles. The Kier molecular flexibility index (Phi) is 3.49. The van der Waals surface area contributed by atoms with E-state index in [1.54, 1.807) is 4.90 Å². The van der Waals surface area contributed by atoms with Crippen LogP contribution in [0, 0.1) is 6.92 Å².